The predicted molar refractivity (Wildman–Crippen MR) is 123 cm³/mol. The molecule has 2 heterocycles. The van der Waals surface area contributed by atoms with Crippen molar-refractivity contribution in [3.05, 3.63) is 72.5 Å². The van der Waals surface area contributed by atoms with Gasteiger partial charge in [0.25, 0.3) is 0 Å². The molecule has 0 bridgehead atoms. The van der Waals surface area contributed by atoms with Crippen molar-refractivity contribution in [3.8, 4) is 23.0 Å². The fourth-order valence-corrected chi connectivity index (χ4v) is 3.79. The zero-order valence-corrected chi connectivity index (χ0v) is 18.4. The lowest BCUT2D eigenvalue weighted by Crippen LogP contribution is -2.14. The number of hydrogen-bond acceptors (Lipinski definition) is 7. The molecule has 2 aromatic heterocycles. The molecule has 33 heavy (non-hydrogen) atoms. The Balaban J connectivity index is 1.52. The Kier molecular flexibility index (Phi) is 6.75. The van der Waals surface area contributed by atoms with Crippen molar-refractivity contribution in [2.24, 2.45) is 0 Å². The van der Waals surface area contributed by atoms with Crippen LogP contribution in [0.1, 0.15) is 17.3 Å². The smallest absolute Gasteiger partial charge is 0.335 e. The largest absolute Gasteiger partial charge is 0.494 e. The average molecular weight is 465 g/mol. The number of ether oxygens (including phenoxy) is 1. The van der Waals surface area contributed by atoms with Crippen LogP contribution >= 0.6 is 11.8 Å². The molecular weight excluding hydrogens is 444 g/mol. The number of thioether (sulfide) groups is 1. The fraction of sp³-hybridized carbons (Fsp3) is 0.130. The lowest BCUT2D eigenvalue weighted by atomic mass is 10.2. The van der Waals surface area contributed by atoms with Crippen LogP contribution < -0.4 is 10.1 Å². The monoisotopic (exact) mass is 464 g/mol. The molecule has 0 saturated carbocycles. The van der Waals surface area contributed by atoms with Crippen molar-refractivity contribution in [2.45, 2.75) is 12.1 Å². The summed E-state index contributed by atoms with van der Waals surface area (Å²) in [6, 6.07) is 17.0. The van der Waals surface area contributed by atoms with Gasteiger partial charge in [-0.25, -0.2) is 4.79 Å². The highest BCUT2D eigenvalue weighted by molar-refractivity contribution is 7.99. The number of amides is 1. The van der Waals surface area contributed by atoms with Crippen LogP contribution in [0.4, 0.5) is 5.69 Å². The number of benzene rings is 2. The van der Waals surface area contributed by atoms with Crippen LogP contribution in [0.15, 0.2) is 76.5 Å². The van der Waals surface area contributed by atoms with Crippen LogP contribution in [0.3, 0.4) is 0 Å². The van der Waals surface area contributed by atoms with Crippen molar-refractivity contribution < 1.29 is 23.8 Å². The Hall–Kier alpha value is -4.05. The minimum atomic E-state index is -1.02. The molecule has 0 fully saturated rings. The van der Waals surface area contributed by atoms with Crippen molar-refractivity contribution in [3.63, 3.8) is 0 Å². The molecule has 0 aliphatic carbocycles. The molecule has 0 atom stereocenters. The molecule has 2 N–H and O–H groups in total. The minimum Gasteiger partial charge on any atom is -0.494 e. The number of nitrogens with zero attached hydrogens (tertiary/aromatic N) is 3. The quantitative estimate of drug-likeness (QED) is 0.351. The zero-order valence-electron chi connectivity index (χ0n) is 17.6. The first kappa shape index (κ1) is 22.2. The molecule has 10 heteroatoms. The van der Waals surface area contributed by atoms with Gasteiger partial charge in [-0.3, -0.25) is 9.36 Å². The van der Waals surface area contributed by atoms with E-state index >= 15 is 0 Å². The third-order valence-corrected chi connectivity index (χ3v) is 5.46. The summed E-state index contributed by atoms with van der Waals surface area (Å²) in [5.41, 5.74) is 1.45. The Labute approximate surface area is 193 Å². The van der Waals surface area contributed by atoms with E-state index < -0.39 is 5.97 Å². The Morgan fingerprint density at radius 2 is 1.85 bits per heavy atom. The van der Waals surface area contributed by atoms with Crippen molar-refractivity contribution >= 4 is 29.3 Å². The van der Waals surface area contributed by atoms with Gasteiger partial charge in [0, 0.05) is 5.69 Å². The van der Waals surface area contributed by atoms with Crippen LogP contribution in [-0.2, 0) is 4.79 Å². The standard InChI is InChI=1S/C23H20N4O5S/c1-2-31-18-11-9-17(10-12-18)27-21(19-4-3-13-32-19)25-26-23(27)33-14-20(28)24-16-7-5-15(6-8-16)22(29)30/h3-13H,2,14H2,1H3,(H,24,28)(H,29,30). The van der Waals surface area contributed by atoms with Gasteiger partial charge in [-0.1, -0.05) is 11.8 Å². The van der Waals surface area contributed by atoms with Gasteiger partial charge in [-0.15, -0.1) is 10.2 Å². The zero-order chi connectivity index (χ0) is 23.2. The van der Waals surface area contributed by atoms with Gasteiger partial charge >= 0.3 is 5.97 Å². The second-order valence-electron chi connectivity index (χ2n) is 6.77. The van der Waals surface area contributed by atoms with Gasteiger partial charge in [-0.05, 0) is 67.6 Å². The summed E-state index contributed by atoms with van der Waals surface area (Å²) < 4.78 is 12.8. The van der Waals surface area contributed by atoms with Crippen LogP contribution in [0.5, 0.6) is 5.75 Å². The number of anilines is 1. The predicted octanol–water partition coefficient (Wildman–Crippen LogP) is 4.36. The maximum Gasteiger partial charge on any atom is 0.335 e. The lowest BCUT2D eigenvalue weighted by molar-refractivity contribution is -0.113. The van der Waals surface area contributed by atoms with E-state index in [-0.39, 0.29) is 17.2 Å². The van der Waals surface area contributed by atoms with Crippen molar-refractivity contribution in [2.75, 3.05) is 17.7 Å². The normalized spacial score (nSPS) is 10.7. The third kappa shape index (κ3) is 5.24. The first-order valence-electron chi connectivity index (χ1n) is 10.0. The van der Waals surface area contributed by atoms with Crippen LogP contribution in [-0.4, -0.2) is 44.1 Å². The summed E-state index contributed by atoms with van der Waals surface area (Å²) in [5, 5.41) is 20.8. The molecule has 4 aromatic rings. The number of rotatable bonds is 9. The number of aromatic carboxylic acids is 1. The third-order valence-electron chi connectivity index (χ3n) is 4.53. The van der Waals surface area contributed by atoms with E-state index in [1.165, 1.54) is 23.9 Å². The van der Waals surface area contributed by atoms with Gasteiger partial charge in [-0.2, -0.15) is 0 Å². The molecule has 1 amide bonds. The number of carboxylic acid groups (broad SMARTS) is 1. The molecule has 9 nitrogen and oxygen atoms in total. The summed E-state index contributed by atoms with van der Waals surface area (Å²) in [6.07, 6.45) is 1.56. The lowest BCUT2D eigenvalue weighted by Gasteiger charge is -2.10. The van der Waals surface area contributed by atoms with Crippen LogP contribution in [0, 0.1) is 0 Å². The fourth-order valence-electron chi connectivity index (χ4n) is 3.04. The molecule has 168 valence electrons. The highest BCUT2D eigenvalue weighted by Crippen LogP contribution is 2.29. The van der Waals surface area contributed by atoms with Crippen molar-refractivity contribution in [1.82, 2.24) is 14.8 Å². The average Bonchev–Trinajstić information content (AvgIpc) is 3.49. The van der Waals surface area contributed by atoms with Gasteiger partial charge in [0.1, 0.15) is 5.75 Å². The molecule has 4 rings (SSSR count). The molecule has 0 unspecified atom stereocenters. The number of nitrogens with one attached hydrogen (secondary N) is 1. The van der Waals surface area contributed by atoms with E-state index in [1.54, 1.807) is 30.5 Å². The first-order valence-corrected chi connectivity index (χ1v) is 11.0. The molecule has 0 saturated heterocycles. The van der Waals surface area contributed by atoms with Crippen molar-refractivity contribution in [1.29, 1.82) is 0 Å². The molecule has 0 spiro atoms. The number of carbonyl (C=O) groups excluding carboxylic acids is 1. The van der Waals surface area contributed by atoms with Gasteiger partial charge in [0.05, 0.1) is 29.9 Å². The van der Waals surface area contributed by atoms with Crippen LogP contribution in [0.25, 0.3) is 17.3 Å². The molecular formula is C23H20N4O5S. The van der Waals surface area contributed by atoms with E-state index in [9.17, 15) is 9.59 Å². The van der Waals surface area contributed by atoms with E-state index in [1.807, 2.05) is 35.8 Å². The van der Waals surface area contributed by atoms with E-state index in [4.69, 9.17) is 14.3 Å². The van der Waals surface area contributed by atoms with E-state index in [0.29, 0.717) is 29.0 Å². The van der Waals surface area contributed by atoms with Crippen LogP contribution in [0.2, 0.25) is 0 Å². The summed E-state index contributed by atoms with van der Waals surface area (Å²) in [5.74, 6) is 0.598. The Morgan fingerprint density at radius 3 is 2.48 bits per heavy atom. The summed E-state index contributed by atoms with van der Waals surface area (Å²) in [4.78, 5) is 23.4. The maximum atomic E-state index is 12.5. The van der Waals surface area contributed by atoms with E-state index in [2.05, 4.69) is 15.5 Å². The number of hydrogen-bond donors (Lipinski definition) is 2. The number of furan rings is 1. The van der Waals surface area contributed by atoms with Gasteiger partial charge in [0.15, 0.2) is 10.9 Å². The SMILES string of the molecule is CCOc1ccc(-n2c(SCC(=O)Nc3ccc(C(=O)O)cc3)nnc2-c2ccco2)cc1. The summed E-state index contributed by atoms with van der Waals surface area (Å²) in [7, 11) is 0. The molecule has 0 radical (unpaired) electrons. The second-order valence-corrected chi connectivity index (χ2v) is 7.71. The summed E-state index contributed by atoms with van der Waals surface area (Å²) in [6.45, 7) is 2.49. The number of carbonyl (C=O) groups is 2. The molecule has 0 aliphatic heterocycles. The number of aromatic nitrogens is 3. The van der Waals surface area contributed by atoms with E-state index in [0.717, 1.165) is 11.4 Å². The molecule has 0 aliphatic rings. The maximum absolute atomic E-state index is 12.5. The first-order chi connectivity index (χ1) is 16.0. The Bertz CT molecular complexity index is 1240. The second kappa shape index (κ2) is 10.0. The summed E-state index contributed by atoms with van der Waals surface area (Å²) >= 11 is 1.22. The topological polar surface area (TPSA) is 119 Å². The Morgan fingerprint density at radius 1 is 1.09 bits per heavy atom. The highest BCUT2D eigenvalue weighted by Gasteiger charge is 2.19. The van der Waals surface area contributed by atoms with Gasteiger partial charge in [0.2, 0.25) is 11.7 Å². The molecule has 2 aromatic carbocycles. The highest BCUT2D eigenvalue weighted by atomic mass is 32.2. The number of carboxylic acids is 1. The minimum absolute atomic E-state index is 0.0774. The van der Waals surface area contributed by atoms with Gasteiger partial charge < -0.3 is 19.6 Å².